The topological polar surface area (TPSA) is 73.4 Å². The smallest absolute Gasteiger partial charge is 0.200 e. The highest BCUT2D eigenvalue weighted by atomic mass is 16.3. The SMILES string of the molecule is N#CC(=Nc1ccccc1)C1=C(O)c2ccccc2C1=O. The minimum Gasteiger partial charge on any atom is -0.506 e. The molecule has 4 heteroatoms. The lowest BCUT2D eigenvalue weighted by Crippen LogP contribution is -2.08. The Morgan fingerprint density at radius 2 is 1.62 bits per heavy atom. The van der Waals surface area contributed by atoms with E-state index in [-0.39, 0.29) is 22.8 Å². The number of rotatable bonds is 2. The molecule has 0 amide bonds. The van der Waals surface area contributed by atoms with Crippen molar-refractivity contribution in [3.63, 3.8) is 0 Å². The first-order valence-electron chi connectivity index (χ1n) is 6.34. The number of carbonyl (C=O) groups excluding carboxylic acids is 1. The Morgan fingerprint density at radius 1 is 1.00 bits per heavy atom. The van der Waals surface area contributed by atoms with Gasteiger partial charge in [0.05, 0.1) is 5.69 Å². The lowest BCUT2D eigenvalue weighted by atomic mass is 10.1. The maximum Gasteiger partial charge on any atom is 0.200 e. The molecule has 1 aliphatic carbocycles. The van der Waals surface area contributed by atoms with Crippen LogP contribution >= 0.6 is 0 Å². The van der Waals surface area contributed by atoms with E-state index in [4.69, 9.17) is 0 Å². The summed E-state index contributed by atoms with van der Waals surface area (Å²) < 4.78 is 0. The molecule has 0 heterocycles. The Morgan fingerprint density at radius 3 is 2.24 bits per heavy atom. The Labute approximate surface area is 121 Å². The quantitative estimate of drug-likeness (QED) is 0.852. The van der Waals surface area contributed by atoms with Gasteiger partial charge in [0.15, 0.2) is 11.5 Å². The van der Waals surface area contributed by atoms with Crippen LogP contribution in [0.2, 0.25) is 0 Å². The van der Waals surface area contributed by atoms with Crippen LogP contribution in [0.25, 0.3) is 5.76 Å². The summed E-state index contributed by atoms with van der Waals surface area (Å²) in [6.45, 7) is 0. The number of nitrogens with zero attached hydrogens (tertiary/aromatic N) is 2. The molecule has 100 valence electrons. The Balaban J connectivity index is 2.12. The first-order chi connectivity index (χ1) is 10.2. The second-order valence-corrected chi connectivity index (χ2v) is 4.51. The second-order valence-electron chi connectivity index (χ2n) is 4.51. The summed E-state index contributed by atoms with van der Waals surface area (Å²) in [4.78, 5) is 16.5. The van der Waals surface area contributed by atoms with Crippen LogP contribution < -0.4 is 0 Å². The molecule has 2 aromatic rings. The summed E-state index contributed by atoms with van der Waals surface area (Å²) in [5.41, 5.74) is 1.26. The fourth-order valence-corrected chi connectivity index (χ4v) is 2.25. The number of allylic oxidation sites excluding steroid dienone is 1. The predicted octanol–water partition coefficient (Wildman–Crippen LogP) is 3.45. The van der Waals surface area contributed by atoms with Crippen LogP contribution in [0.15, 0.2) is 65.2 Å². The van der Waals surface area contributed by atoms with E-state index < -0.39 is 0 Å². The van der Waals surface area contributed by atoms with Gasteiger partial charge in [-0.1, -0.05) is 42.5 Å². The summed E-state index contributed by atoms with van der Waals surface area (Å²) in [6.07, 6.45) is 0. The highest BCUT2D eigenvalue weighted by Gasteiger charge is 2.32. The third-order valence-corrected chi connectivity index (χ3v) is 3.23. The van der Waals surface area contributed by atoms with Crippen molar-refractivity contribution in [2.45, 2.75) is 0 Å². The fourth-order valence-electron chi connectivity index (χ4n) is 2.25. The molecule has 4 nitrogen and oxygen atoms in total. The number of nitriles is 1. The normalized spacial score (nSPS) is 14.0. The van der Waals surface area contributed by atoms with Crippen molar-refractivity contribution in [1.29, 1.82) is 5.26 Å². The zero-order valence-corrected chi connectivity index (χ0v) is 10.9. The number of aliphatic hydroxyl groups is 1. The van der Waals surface area contributed by atoms with Gasteiger partial charge in [0.25, 0.3) is 0 Å². The molecule has 21 heavy (non-hydrogen) atoms. The Hall–Kier alpha value is -3.19. The Bertz CT molecular complexity index is 827. The number of benzene rings is 2. The van der Waals surface area contributed by atoms with E-state index in [2.05, 4.69) is 4.99 Å². The molecule has 0 fully saturated rings. The maximum absolute atomic E-state index is 12.3. The molecule has 0 aromatic heterocycles. The van der Waals surface area contributed by atoms with Crippen molar-refractivity contribution in [3.05, 3.63) is 71.3 Å². The molecule has 2 aromatic carbocycles. The summed E-state index contributed by atoms with van der Waals surface area (Å²) >= 11 is 0. The number of hydrogen-bond donors (Lipinski definition) is 1. The van der Waals surface area contributed by atoms with Crippen LogP contribution in [-0.4, -0.2) is 16.6 Å². The largest absolute Gasteiger partial charge is 0.506 e. The van der Waals surface area contributed by atoms with Gasteiger partial charge in [-0.25, -0.2) is 4.99 Å². The van der Waals surface area contributed by atoms with Crippen LogP contribution in [-0.2, 0) is 0 Å². The predicted molar refractivity (Wildman–Crippen MR) is 79.5 cm³/mol. The van der Waals surface area contributed by atoms with Crippen LogP contribution in [0.5, 0.6) is 0 Å². The molecule has 0 aliphatic heterocycles. The average Bonchev–Trinajstić information content (AvgIpc) is 2.78. The van der Waals surface area contributed by atoms with Gasteiger partial charge in [0.2, 0.25) is 0 Å². The molecule has 1 aliphatic rings. The number of aliphatic imine (C=N–C) groups is 1. The lowest BCUT2D eigenvalue weighted by Gasteiger charge is -1.99. The molecule has 0 saturated carbocycles. The van der Waals surface area contributed by atoms with E-state index in [1.54, 1.807) is 48.5 Å². The number of para-hydroxylation sites is 1. The first kappa shape index (κ1) is 12.8. The van der Waals surface area contributed by atoms with Crippen molar-refractivity contribution in [2.75, 3.05) is 0 Å². The zero-order valence-electron chi connectivity index (χ0n) is 10.9. The van der Waals surface area contributed by atoms with Crippen molar-refractivity contribution >= 4 is 22.9 Å². The third-order valence-electron chi connectivity index (χ3n) is 3.23. The maximum atomic E-state index is 12.3. The van der Waals surface area contributed by atoms with E-state index in [1.165, 1.54) is 0 Å². The molecule has 0 atom stereocenters. The van der Waals surface area contributed by atoms with Gasteiger partial charge in [0.1, 0.15) is 17.4 Å². The van der Waals surface area contributed by atoms with Gasteiger partial charge in [0, 0.05) is 11.1 Å². The number of Topliss-reactive ketones (excluding diaryl/α,β-unsaturated/α-hetero) is 1. The van der Waals surface area contributed by atoms with E-state index >= 15 is 0 Å². The van der Waals surface area contributed by atoms with Crippen LogP contribution in [0.3, 0.4) is 0 Å². The van der Waals surface area contributed by atoms with Gasteiger partial charge in [-0.3, -0.25) is 4.79 Å². The van der Waals surface area contributed by atoms with E-state index in [9.17, 15) is 15.2 Å². The minimum atomic E-state index is -0.376. The van der Waals surface area contributed by atoms with E-state index in [0.29, 0.717) is 16.8 Å². The zero-order chi connectivity index (χ0) is 14.8. The number of aliphatic hydroxyl groups excluding tert-OH is 1. The van der Waals surface area contributed by atoms with Crippen LogP contribution in [0.4, 0.5) is 5.69 Å². The fraction of sp³-hybridized carbons (Fsp3) is 0. The number of carbonyl (C=O) groups is 1. The van der Waals surface area contributed by atoms with Gasteiger partial charge in [-0.15, -0.1) is 0 Å². The first-order valence-corrected chi connectivity index (χ1v) is 6.34. The average molecular weight is 274 g/mol. The van der Waals surface area contributed by atoms with Crippen molar-refractivity contribution < 1.29 is 9.90 Å². The molecule has 0 unspecified atom stereocenters. The Kier molecular flexibility index (Phi) is 3.09. The number of hydrogen-bond acceptors (Lipinski definition) is 4. The minimum absolute atomic E-state index is 0.0393. The summed E-state index contributed by atoms with van der Waals surface area (Å²) in [6, 6.07) is 17.5. The molecular formula is C17H10N2O2. The third kappa shape index (κ3) is 2.11. The van der Waals surface area contributed by atoms with E-state index in [1.807, 2.05) is 12.1 Å². The number of fused-ring (bicyclic) bond motifs is 1. The molecule has 3 rings (SSSR count). The molecule has 0 bridgehead atoms. The molecular weight excluding hydrogens is 264 g/mol. The van der Waals surface area contributed by atoms with Crippen LogP contribution in [0.1, 0.15) is 15.9 Å². The van der Waals surface area contributed by atoms with Crippen molar-refractivity contribution in [3.8, 4) is 6.07 Å². The van der Waals surface area contributed by atoms with Crippen molar-refractivity contribution in [1.82, 2.24) is 0 Å². The second kappa shape index (κ2) is 5.06. The molecule has 0 saturated heterocycles. The summed E-state index contributed by atoms with van der Waals surface area (Å²) in [5, 5.41) is 19.5. The van der Waals surface area contributed by atoms with Crippen molar-refractivity contribution in [2.24, 2.45) is 4.99 Å². The van der Waals surface area contributed by atoms with Gasteiger partial charge in [-0.05, 0) is 12.1 Å². The highest BCUT2D eigenvalue weighted by Crippen LogP contribution is 2.32. The standard InChI is InChI=1S/C17H10N2O2/c18-10-14(19-11-6-2-1-3-7-11)15-16(20)12-8-4-5-9-13(12)17(15)21/h1-9,20H. The molecule has 1 N–H and O–H groups in total. The van der Waals surface area contributed by atoms with Gasteiger partial charge < -0.3 is 5.11 Å². The molecule has 0 spiro atoms. The van der Waals surface area contributed by atoms with E-state index in [0.717, 1.165) is 0 Å². The lowest BCUT2D eigenvalue weighted by molar-refractivity contribution is 0.104. The monoisotopic (exact) mass is 274 g/mol. The summed E-state index contributed by atoms with van der Waals surface area (Å²) in [5.74, 6) is -0.564. The molecule has 0 radical (unpaired) electrons. The van der Waals surface area contributed by atoms with Crippen LogP contribution in [0, 0.1) is 11.3 Å². The summed E-state index contributed by atoms with van der Waals surface area (Å²) in [7, 11) is 0. The van der Waals surface area contributed by atoms with Gasteiger partial charge in [-0.2, -0.15) is 5.26 Å². The van der Waals surface area contributed by atoms with Gasteiger partial charge >= 0.3 is 0 Å². The number of ketones is 1. The highest BCUT2D eigenvalue weighted by molar-refractivity contribution is 6.39.